The number of carbonyl (C=O) groups excluding carboxylic acids is 1. The van der Waals surface area contributed by atoms with Crippen molar-refractivity contribution in [1.82, 2.24) is 0 Å². The van der Waals surface area contributed by atoms with E-state index in [2.05, 4.69) is 19.9 Å². The number of Topliss-reactive ketones (excluding diaryl/α,β-unsaturated/α-hetero) is 1. The van der Waals surface area contributed by atoms with E-state index in [1.165, 1.54) is 13.2 Å². The van der Waals surface area contributed by atoms with Crippen molar-refractivity contribution in [3.63, 3.8) is 0 Å². The van der Waals surface area contributed by atoms with Crippen molar-refractivity contribution in [1.29, 1.82) is 0 Å². The van der Waals surface area contributed by atoms with E-state index in [-0.39, 0.29) is 5.03 Å². The minimum absolute atomic E-state index is 0.0994. The molecule has 24 heavy (non-hydrogen) atoms. The molecule has 3 atom stereocenters. The molecule has 0 spiro atoms. The molecule has 1 aliphatic heterocycles. The van der Waals surface area contributed by atoms with Crippen LogP contribution in [0.3, 0.4) is 0 Å². The second-order valence-corrected chi connectivity index (χ2v) is 6.85. The normalized spacial score (nSPS) is 29.2. The summed E-state index contributed by atoms with van der Waals surface area (Å²) in [4.78, 5) is 12.1. The Bertz CT molecular complexity index is 692. The monoisotopic (exact) mass is 350 g/mol. The van der Waals surface area contributed by atoms with Crippen LogP contribution < -0.4 is 0 Å². The average molecular weight is 351 g/mol. The first-order valence-corrected chi connectivity index (χ1v) is 8.36. The Morgan fingerprint density at radius 3 is 2.83 bits per heavy atom. The van der Waals surface area contributed by atoms with Crippen molar-refractivity contribution in [3.8, 4) is 0 Å². The topological polar surface area (TPSA) is 66.8 Å². The van der Waals surface area contributed by atoms with Gasteiger partial charge in [-0.15, -0.1) is 0 Å². The van der Waals surface area contributed by atoms with Gasteiger partial charge in [0.2, 0.25) is 5.78 Å². The lowest BCUT2D eigenvalue weighted by atomic mass is 9.79. The van der Waals surface area contributed by atoms with Gasteiger partial charge in [0, 0.05) is 11.1 Å². The molecule has 0 saturated carbocycles. The van der Waals surface area contributed by atoms with Gasteiger partial charge in [0.15, 0.2) is 5.60 Å². The Balaban J connectivity index is 2.30. The van der Waals surface area contributed by atoms with E-state index in [0.29, 0.717) is 22.8 Å². The molecule has 0 amide bonds. The molecule has 1 heterocycles. The van der Waals surface area contributed by atoms with Crippen molar-refractivity contribution in [2.24, 2.45) is 5.92 Å². The molecule has 2 rings (SSSR count). The molecule has 5 heteroatoms. The molecule has 0 aromatic heterocycles. The van der Waals surface area contributed by atoms with Crippen LogP contribution in [0.4, 0.5) is 0 Å². The summed E-state index contributed by atoms with van der Waals surface area (Å²) in [6.07, 6.45) is 8.48. The molecular formula is C19H23ClO4. The van der Waals surface area contributed by atoms with Crippen LogP contribution in [0.1, 0.15) is 34.1 Å². The fourth-order valence-corrected chi connectivity index (χ4v) is 2.91. The molecule has 0 saturated heterocycles. The highest BCUT2D eigenvalue weighted by Gasteiger charge is 2.48. The number of halogens is 1. The number of hydrogen-bond acceptors (Lipinski definition) is 4. The fraction of sp³-hybridized carbons (Fsp3) is 0.421. The van der Waals surface area contributed by atoms with Crippen molar-refractivity contribution in [3.05, 3.63) is 58.1 Å². The first kappa shape index (κ1) is 18.7. The van der Waals surface area contributed by atoms with Crippen LogP contribution in [-0.4, -0.2) is 27.7 Å². The summed E-state index contributed by atoms with van der Waals surface area (Å²) in [7, 11) is 0. The smallest absolute Gasteiger partial charge is 0.209 e. The number of aliphatic hydroxyl groups is 2. The molecule has 130 valence electrons. The van der Waals surface area contributed by atoms with Gasteiger partial charge >= 0.3 is 0 Å². The van der Waals surface area contributed by atoms with E-state index in [1.807, 2.05) is 13.0 Å². The Kier molecular flexibility index (Phi) is 5.53. The second-order valence-electron chi connectivity index (χ2n) is 6.47. The van der Waals surface area contributed by atoms with Gasteiger partial charge in [0.1, 0.15) is 11.9 Å². The third kappa shape index (κ3) is 3.56. The number of carbonyl (C=O) groups is 1. The van der Waals surface area contributed by atoms with E-state index in [9.17, 15) is 15.0 Å². The lowest BCUT2D eigenvalue weighted by molar-refractivity contribution is -0.140. The molecule has 0 unspecified atom stereocenters. The van der Waals surface area contributed by atoms with Crippen LogP contribution in [-0.2, 0) is 9.53 Å². The van der Waals surface area contributed by atoms with Gasteiger partial charge in [-0.25, -0.2) is 0 Å². The third-order valence-electron chi connectivity index (χ3n) is 4.34. The number of ether oxygens (including phenoxy) is 1. The molecule has 4 nitrogen and oxygen atoms in total. The molecule has 2 N–H and O–H groups in total. The Morgan fingerprint density at radius 1 is 1.54 bits per heavy atom. The minimum Gasteiger partial charge on any atom is -0.465 e. The average Bonchev–Trinajstić information content (AvgIpc) is 2.56. The summed E-state index contributed by atoms with van der Waals surface area (Å²) in [5.74, 6) is 0.302. The first-order chi connectivity index (χ1) is 11.2. The third-order valence-corrected chi connectivity index (χ3v) is 4.72. The zero-order valence-corrected chi connectivity index (χ0v) is 15.1. The lowest BCUT2D eigenvalue weighted by Gasteiger charge is -2.35. The lowest BCUT2D eigenvalue weighted by Crippen LogP contribution is -2.51. The quantitative estimate of drug-likeness (QED) is 0.761. The van der Waals surface area contributed by atoms with Gasteiger partial charge in [0.05, 0.1) is 11.3 Å². The fourth-order valence-electron chi connectivity index (χ4n) is 2.55. The van der Waals surface area contributed by atoms with Gasteiger partial charge in [-0.3, -0.25) is 4.79 Å². The first-order valence-electron chi connectivity index (χ1n) is 7.98. The molecule has 0 aromatic carbocycles. The van der Waals surface area contributed by atoms with Crippen LogP contribution in [0.2, 0.25) is 0 Å². The zero-order valence-electron chi connectivity index (χ0n) is 14.3. The van der Waals surface area contributed by atoms with Crippen LogP contribution >= 0.6 is 11.6 Å². The SMILES string of the molecule is CC[C@H](C)/C=C(C)/C=C/C1=CC2=C(Cl)C(=O)[C@](C)(O)[C@H](O)C2=CO1. The van der Waals surface area contributed by atoms with E-state index in [0.717, 1.165) is 12.0 Å². The molecular weight excluding hydrogens is 328 g/mol. The predicted octanol–water partition coefficient (Wildman–Crippen LogP) is 3.52. The number of hydrogen-bond donors (Lipinski definition) is 2. The highest BCUT2D eigenvalue weighted by atomic mass is 35.5. The van der Waals surface area contributed by atoms with Crippen LogP contribution in [0, 0.1) is 5.92 Å². The van der Waals surface area contributed by atoms with Crippen molar-refractivity contribution >= 4 is 17.4 Å². The second kappa shape index (κ2) is 7.09. The molecule has 0 fully saturated rings. The van der Waals surface area contributed by atoms with Crippen molar-refractivity contribution in [2.75, 3.05) is 0 Å². The van der Waals surface area contributed by atoms with E-state index < -0.39 is 17.5 Å². The number of rotatable bonds is 4. The summed E-state index contributed by atoms with van der Waals surface area (Å²) < 4.78 is 5.49. The van der Waals surface area contributed by atoms with Crippen LogP contribution in [0.15, 0.2) is 58.1 Å². The van der Waals surface area contributed by atoms with Gasteiger partial charge in [-0.2, -0.15) is 0 Å². The molecule has 0 bridgehead atoms. The molecule has 2 aliphatic rings. The summed E-state index contributed by atoms with van der Waals surface area (Å²) in [6, 6.07) is 0. The van der Waals surface area contributed by atoms with Crippen LogP contribution in [0.25, 0.3) is 0 Å². The highest BCUT2D eigenvalue weighted by molar-refractivity contribution is 6.45. The van der Waals surface area contributed by atoms with Crippen molar-refractivity contribution in [2.45, 2.75) is 45.8 Å². The Hall–Kier alpha value is -1.62. The van der Waals surface area contributed by atoms with Gasteiger partial charge in [-0.05, 0) is 31.9 Å². The van der Waals surface area contributed by atoms with E-state index in [1.54, 1.807) is 12.2 Å². The number of aliphatic hydroxyl groups excluding tert-OH is 1. The van der Waals surface area contributed by atoms with Crippen molar-refractivity contribution < 1.29 is 19.7 Å². The summed E-state index contributed by atoms with van der Waals surface area (Å²) in [5, 5.41) is 20.2. The number of ketones is 1. The largest absolute Gasteiger partial charge is 0.465 e. The highest BCUT2D eigenvalue weighted by Crippen LogP contribution is 2.39. The zero-order chi connectivity index (χ0) is 18.1. The standard InChI is InChI=1S/C19H23ClO4/c1-5-11(2)8-12(3)6-7-13-9-14-15(10-24-13)17(21)19(4,23)18(22)16(14)20/h6-11,17,21,23H,5H2,1-4H3/b7-6+,12-8+/t11-,17+,19+/m0/s1. The summed E-state index contributed by atoms with van der Waals surface area (Å²) in [5.41, 5.74) is -0.165. The van der Waals surface area contributed by atoms with E-state index in [4.69, 9.17) is 16.3 Å². The Labute approximate surface area is 147 Å². The summed E-state index contributed by atoms with van der Waals surface area (Å²) in [6.45, 7) is 7.52. The van der Waals surface area contributed by atoms with Crippen LogP contribution in [0.5, 0.6) is 0 Å². The van der Waals surface area contributed by atoms with E-state index >= 15 is 0 Å². The van der Waals surface area contributed by atoms with Gasteiger partial charge in [-0.1, -0.05) is 49.6 Å². The predicted molar refractivity (Wildman–Crippen MR) is 94.1 cm³/mol. The Morgan fingerprint density at radius 2 is 2.21 bits per heavy atom. The number of allylic oxidation sites excluding steroid dienone is 5. The van der Waals surface area contributed by atoms with Gasteiger partial charge < -0.3 is 14.9 Å². The maximum Gasteiger partial charge on any atom is 0.209 e. The maximum absolute atomic E-state index is 12.1. The number of fused-ring (bicyclic) bond motifs is 1. The van der Waals surface area contributed by atoms with Gasteiger partial charge in [0.25, 0.3) is 0 Å². The maximum atomic E-state index is 12.1. The molecule has 1 aliphatic carbocycles. The summed E-state index contributed by atoms with van der Waals surface area (Å²) >= 11 is 6.09. The molecule has 0 radical (unpaired) electrons. The molecule has 0 aromatic rings. The minimum atomic E-state index is -1.95.